The van der Waals surface area contributed by atoms with Gasteiger partial charge in [0.2, 0.25) is 0 Å². The molecule has 0 aliphatic carbocycles. The van der Waals surface area contributed by atoms with Crippen molar-refractivity contribution < 1.29 is 18.7 Å². The van der Waals surface area contributed by atoms with Gasteiger partial charge in [-0.1, -0.05) is 0 Å². The molecule has 1 fully saturated rings. The first-order valence-electron chi connectivity index (χ1n) is 10.0. The van der Waals surface area contributed by atoms with E-state index in [2.05, 4.69) is 15.1 Å². The average molecular weight is 422 g/mol. The van der Waals surface area contributed by atoms with Crippen LogP contribution >= 0.6 is 0 Å². The molecule has 2 aromatic carbocycles. The van der Waals surface area contributed by atoms with Crippen LogP contribution in [0.1, 0.15) is 0 Å². The number of piperazine rings is 1. The van der Waals surface area contributed by atoms with Crippen LogP contribution in [0.2, 0.25) is 0 Å². The van der Waals surface area contributed by atoms with E-state index in [1.165, 1.54) is 24.3 Å². The van der Waals surface area contributed by atoms with Gasteiger partial charge in [-0.05, 0) is 60.7 Å². The summed E-state index contributed by atoms with van der Waals surface area (Å²) in [6.07, 6.45) is 0. The second kappa shape index (κ2) is 9.42. The zero-order valence-electron chi connectivity index (χ0n) is 17.2. The van der Waals surface area contributed by atoms with Gasteiger partial charge in [0.15, 0.2) is 12.4 Å². The number of aromatic nitrogens is 2. The normalized spacial score (nSPS) is 13.7. The van der Waals surface area contributed by atoms with E-state index in [9.17, 15) is 9.18 Å². The number of hydrogen-bond donors (Lipinski definition) is 0. The van der Waals surface area contributed by atoms with Gasteiger partial charge < -0.3 is 19.3 Å². The van der Waals surface area contributed by atoms with Crippen molar-refractivity contribution in [1.82, 2.24) is 15.1 Å². The molecule has 31 heavy (non-hydrogen) atoms. The van der Waals surface area contributed by atoms with Gasteiger partial charge in [-0.3, -0.25) is 4.79 Å². The zero-order valence-corrected chi connectivity index (χ0v) is 17.2. The summed E-state index contributed by atoms with van der Waals surface area (Å²) in [6, 6.07) is 17.2. The number of nitrogens with zero attached hydrogens (tertiary/aromatic N) is 4. The fraction of sp³-hybridized carbons (Fsp3) is 0.261. The summed E-state index contributed by atoms with van der Waals surface area (Å²) in [5.41, 5.74) is 1.76. The molecule has 1 aliphatic rings. The number of amides is 1. The maximum atomic E-state index is 12.9. The van der Waals surface area contributed by atoms with E-state index in [0.717, 1.165) is 22.8 Å². The van der Waals surface area contributed by atoms with E-state index in [0.29, 0.717) is 31.9 Å². The van der Waals surface area contributed by atoms with Gasteiger partial charge in [-0.2, -0.15) is 0 Å². The molecule has 1 aromatic heterocycles. The predicted octanol–water partition coefficient (Wildman–Crippen LogP) is 3.02. The van der Waals surface area contributed by atoms with Gasteiger partial charge >= 0.3 is 0 Å². The number of rotatable bonds is 6. The Morgan fingerprint density at radius 2 is 1.58 bits per heavy atom. The molecule has 0 bridgehead atoms. The Labute approximate surface area is 180 Å². The molecule has 0 radical (unpaired) electrons. The fourth-order valence-corrected chi connectivity index (χ4v) is 3.36. The van der Waals surface area contributed by atoms with Crippen molar-refractivity contribution in [3.63, 3.8) is 0 Å². The molecule has 4 rings (SSSR count). The van der Waals surface area contributed by atoms with Gasteiger partial charge in [0.1, 0.15) is 17.3 Å². The monoisotopic (exact) mass is 422 g/mol. The highest BCUT2D eigenvalue weighted by Crippen LogP contribution is 2.22. The van der Waals surface area contributed by atoms with Gasteiger partial charge in [0.05, 0.1) is 12.8 Å². The molecular weight excluding hydrogens is 399 g/mol. The van der Waals surface area contributed by atoms with Crippen LogP contribution in [0.15, 0.2) is 60.7 Å². The van der Waals surface area contributed by atoms with E-state index in [1.54, 1.807) is 12.0 Å². The number of halogens is 1. The first kappa shape index (κ1) is 20.6. The van der Waals surface area contributed by atoms with Crippen molar-refractivity contribution in [1.29, 1.82) is 0 Å². The lowest BCUT2D eigenvalue weighted by molar-refractivity contribution is -0.133. The van der Waals surface area contributed by atoms with Crippen molar-refractivity contribution in [3.8, 4) is 22.8 Å². The first-order chi connectivity index (χ1) is 15.1. The molecule has 3 aromatic rings. The molecule has 0 saturated carbocycles. The predicted molar refractivity (Wildman–Crippen MR) is 115 cm³/mol. The second-order valence-corrected chi connectivity index (χ2v) is 7.12. The largest absolute Gasteiger partial charge is 0.497 e. The van der Waals surface area contributed by atoms with Crippen LogP contribution in [0, 0.1) is 5.82 Å². The highest BCUT2D eigenvalue weighted by Gasteiger charge is 2.22. The summed E-state index contributed by atoms with van der Waals surface area (Å²) in [5.74, 6) is 1.62. The Morgan fingerprint density at radius 1 is 0.903 bits per heavy atom. The molecule has 0 N–H and O–H groups in total. The summed E-state index contributed by atoms with van der Waals surface area (Å²) < 4.78 is 23.6. The molecule has 1 amide bonds. The first-order valence-corrected chi connectivity index (χ1v) is 10.0. The van der Waals surface area contributed by atoms with Gasteiger partial charge in [-0.15, -0.1) is 10.2 Å². The molecule has 0 unspecified atom stereocenters. The third kappa shape index (κ3) is 5.09. The number of methoxy groups -OCH3 is 1. The molecule has 1 aliphatic heterocycles. The van der Waals surface area contributed by atoms with Gasteiger partial charge in [-0.25, -0.2) is 4.39 Å². The molecular formula is C23H23FN4O3. The van der Waals surface area contributed by atoms with E-state index < -0.39 is 0 Å². The number of carbonyl (C=O) groups is 1. The third-order valence-corrected chi connectivity index (χ3v) is 5.17. The van der Waals surface area contributed by atoms with E-state index in [1.807, 2.05) is 36.4 Å². The van der Waals surface area contributed by atoms with Gasteiger partial charge in [0, 0.05) is 31.7 Å². The van der Waals surface area contributed by atoms with Crippen LogP contribution < -0.4 is 14.4 Å². The van der Waals surface area contributed by atoms with Crippen molar-refractivity contribution in [2.45, 2.75) is 0 Å². The molecule has 7 nitrogen and oxygen atoms in total. The molecule has 160 valence electrons. The summed E-state index contributed by atoms with van der Waals surface area (Å²) in [7, 11) is 1.63. The van der Waals surface area contributed by atoms with Gasteiger partial charge in [0.25, 0.3) is 5.91 Å². The SMILES string of the molecule is COc1ccc(-c2ccc(N3CCN(C(=O)COc4ccc(F)cc4)CC3)nn2)cc1. The maximum absolute atomic E-state index is 12.9. The lowest BCUT2D eigenvalue weighted by Crippen LogP contribution is -2.50. The number of carbonyl (C=O) groups excluding carboxylic acids is 1. The minimum atomic E-state index is -0.338. The highest BCUT2D eigenvalue weighted by atomic mass is 19.1. The summed E-state index contributed by atoms with van der Waals surface area (Å²) in [4.78, 5) is 16.3. The lowest BCUT2D eigenvalue weighted by Gasteiger charge is -2.35. The molecule has 8 heteroatoms. The van der Waals surface area contributed by atoms with E-state index in [-0.39, 0.29) is 18.3 Å². The molecule has 0 atom stereocenters. The van der Waals surface area contributed by atoms with Crippen molar-refractivity contribution in [2.24, 2.45) is 0 Å². The van der Waals surface area contributed by atoms with E-state index in [4.69, 9.17) is 9.47 Å². The summed E-state index contributed by atoms with van der Waals surface area (Å²) in [6.45, 7) is 2.42. The number of benzene rings is 2. The van der Waals surface area contributed by atoms with E-state index >= 15 is 0 Å². The summed E-state index contributed by atoms with van der Waals surface area (Å²) >= 11 is 0. The lowest BCUT2D eigenvalue weighted by atomic mass is 10.1. The highest BCUT2D eigenvalue weighted by molar-refractivity contribution is 5.78. The van der Waals surface area contributed by atoms with Crippen LogP contribution in [0.4, 0.5) is 10.2 Å². The Hall–Kier alpha value is -3.68. The minimum absolute atomic E-state index is 0.0675. The quantitative estimate of drug-likeness (QED) is 0.608. The maximum Gasteiger partial charge on any atom is 0.260 e. The Morgan fingerprint density at radius 3 is 2.19 bits per heavy atom. The van der Waals surface area contributed by atoms with Crippen LogP contribution in [0.3, 0.4) is 0 Å². The number of hydrogen-bond acceptors (Lipinski definition) is 6. The fourth-order valence-electron chi connectivity index (χ4n) is 3.36. The van der Waals surface area contributed by atoms with Crippen molar-refractivity contribution in [2.75, 3.05) is 44.8 Å². The standard InChI is InChI=1S/C23H23FN4O3/c1-30-19-6-2-17(3-7-19)21-10-11-22(26-25-21)27-12-14-28(15-13-27)23(29)16-31-20-8-4-18(24)5-9-20/h2-11H,12-16H2,1H3. The Kier molecular flexibility index (Phi) is 6.26. The smallest absolute Gasteiger partial charge is 0.260 e. The minimum Gasteiger partial charge on any atom is -0.497 e. The number of ether oxygens (including phenoxy) is 2. The number of anilines is 1. The Balaban J connectivity index is 1.28. The summed E-state index contributed by atoms with van der Waals surface area (Å²) in [5, 5.41) is 8.70. The topological polar surface area (TPSA) is 67.8 Å². The Bertz CT molecular complexity index is 1000. The van der Waals surface area contributed by atoms with Crippen molar-refractivity contribution in [3.05, 3.63) is 66.5 Å². The van der Waals surface area contributed by atoms with Crippen LogP contribution in [-0.4, -0.2) is 60.9 Å². The van der Waals surface area contributed by atoms with Crippen molar-refractivity contribution >= 4 is 11.7 Å². The average Bonchev–Trinajstić information content (AvgIpc) is 2.84. The third-order valence-electron chi connectivity index (χ3n) is 5.17. The van der Waals surface area contributed by atoms with Crippen LogP contribution in [0.5, 0.6) is 11.5 Å². The molecule has 1 saturated heterocycles. The molecule has 0 spiro atoms. The van der Waals surface area contributed by atoms with Crippen LogP contribution in [0.25, 0.3) is 11.3 Å². The molecule has 2 heterocycles. The second-order valence-electron chi connectivity index (χ2n) is 7.12. The van der Waals surface area contributed by atoms with Crippen LogP contribution in [-0.2, 0) is 4.79 Å². The zero-order chi connectivity index (χ0) is 21.6.